The van der Waals surface area contributed by atoms with Crippen molar-refractivity contribution in [3.63, 3.8) is 0 Å². The van der Waals surface area contributed by atoms with Crippen LogP contribution in [0.25, 0.3) is 22.8 Å². The van der Waals surface area contributed by atoms with E-state index >= 15 is 0 Å². The Labute approximate surface area is 114 Å². The van der Waals surface area contributed by atoms with Gasteiger partial charge in [-0.1, -0.05) is 6.07 Å². The van der Waals surface area contributed by atoms with Gasteiger partial charge in [-0.25, -0.2) is 9.37 Å². The van der Waals surface area contributed by atoms with Crippen molar-refractivity contribution in [2.24, 2.45) is 0 Å². The molecular formula is C15H8FN3O. The fourth-order valence-corrected chi connectivity index (χ4v) is 1.81. The lowest BCUT2D eigenvalue weighted by atomic mass is 10.1. The number of oxazole rings is 1. The minimum atomic E-state index is -0.460. The highest BCUT2D eigenvalue weighted by Gasteiger charge is 2.13. The molecule has 96 valence electrons. The Kier molecular flexibility index (Phi) is 2.98. The van der Waals surface area contributed by atoms with E-state index in [1.54, 1.807) is 24.3 Å². The van der Waals surface area contributed by atoms with Gasteiger partial charge >= 0.3 is 0 Å². The highest BCUT2D eigenvalue weighted by Crippen LogP contribution is 2.25. The van der Waals surface area contributed by atoms with Gasteiger partial charge in [0.1, 0.15) is 17.7 Å². The lowest BCUT2D eigenvalue weighted by Crippen LogP contribution is -1.88. The van der Waals surface area contributed by atoms with Gasteiger partial charge in [0.05, 0.1) is 11.6 Å². The SMILES string of the molecule is N#Cc1cccc(-c2nc(-c3ncccc3F)co2)c1. The summed E-state index contributed by atoms with van der Waals surface area (Å²) in [5.41, 5.74) is 1.62. The van der Waals surface area contributed by atoms with Crippen LogP contribution in [-0.2, 0) is 0 Å². The summed E-state index contributed by atoms with van der Waals surface area (Å²) in [5.74, 6) is -0.139. The number of hydrogen-bond acceptors (Lipinski definition) is 4. The van der Waals surface area contributed by atoms with Crippen molar-refractivity contribution in [1.82, 2.24) is 9.97 Å². The molecule has 0 aliphatic rings. The van der Waals surface area contributed by atoms with Gasteiger partial charge < -0.3 is 4.42 Å². The number of rotatable bonds is 2. The summed E-state index contributed by atoms with van der Waals surface area (Å²) < 4.78 is 19.0. The third kappa shape index (κ3) is 2.15. The summed E-state index contributed by atoms with van der Waals surface area (Å²) in [6, 6.07) is 11.7. The number of halogens is 1. The summed E-state index contributed by atoms with van der Waals surface area (Å²) in [4.78, 5) is 8.15. The van der Waals surface area contributed by atoms with E-state index in [2.05, 4.69) is 9.97 Å². The zero-order valence-electron chi connectivity index (χ0n) is 10.2. The van der Waals surface area contributed by atoms with Gasteiger partial charge in [-0.2, -0.15) is 5.26 Å². The van der Waals surface area contributed by atoms with Crippen LogP contribution in [-0.4, -0.2) is 9.97 Å². The van der Waals surface area contributed by atoms with Crippen LogP contribution in [0.2, 0.25) is 0 Å². The number of nitrogens with zero attached hydrogens (tertiary/aromatic N) is 3. The molecule has 0 aliphatic heterocycles. The topological polar surface area (TPSA) is 62.7 Å². The van der Waals surface area contributed by atoms with Crippen LogP contribution in [0, 0.1) is 17.1 Å². The molecule has 0 amide bonds. The first-order valence-electron chi connectivity index (χ1n) is 5.85. The first kappa shape index (κ1) is 12.1. The first-order valence-corrected chi connectivity index (χ1v) is 5.85. The van der Waals surface area contributed by atoms with Crippen LogP contribution in [0.5, 0.6) is 0 Å². The van der Waals surface area contributed by atoms with Crippen molar-refractivity contribution in [2.45, 2.75) is 0 Å². The highest BCUT2D eigenvalue weighted by molar-refractivity contribution is 5.61. The summed E-state index contributed by atoms with van der Waals surface area (Å²) in [5, 5.41) is 8.87. The molecule has 0 fully saturated rings. The van der Waals surface area contributed by atoms with Crippen molar-refractivity contribution in [3.05, 3.63) is 60.2 Å². The van der Waals surface area contributed by atoms with Crippen LogP contribution in [0.15, 0.2) is 53.3 Å². The Morgan fingerprint density at radius 1 is 1.20 bits per heavy atom. The maximum absolute atomic E-state index is 13.6. The molecule has 2 aromatic heterocycles. The Morgan fingerprint density at radius 2 is 2.10 bits per heavy atom. The summed E-state index contributed by atoms with van der Waals surface area (Å²) in [6.07, 6.45) is 2.84. The normalized spacial score (nSPS) is 10.2. The zero-order chi connectivity index (χ0) is 13.9. The quantitative estimate of drug-likeness (QED) is 0.712. The number of pyridine rings is 1. The molecule has 0 aliphatic carbocycles. The van der Waals surface area contributed by atoms with Crippen molar-refractivity contribution < 1.29 is 8.81 Å². The smallest absolute Gasteiger partial charge is 0.226 e. The molecule has 20 heavy (non-hydrogen) atoms. The molecule has 4 nitrogen and oxygen atoms in total. The monoisotopic (exact) mass is 265 g/mol. The zero-order valence-corrected chi connectivity index (χ0v) is 10.2. The molecule has 3 rings (SSSR count). The second-order valence-corrected chi connectivity index (χ2v) is 4.06. The standard InChI is InChI=1S/C15H8FN3O/c16-12-5-2-6-18-14(12)13-9-20-15(19-13)11-4-1-3-10(7-11)8-17/h1-7,9H. The molecule has 0 unspecified atom stereocenters. The van der Waals surface area contributed by atoms with E-state index in [9.17, 15) is 4.39 Å². The largest absolute Gasteiger partial charge is 0.444 e. The van der Waals surface area contributed by atoms with E-state index in [-0.39, 0.29) is 5.69 Å². The molecule has 0 saturated carbocycles. The molecular weight excluding hydrogens is 257 g/mol. The van der Waals surface area contributed by atoms with Crippen LogP contribution in [0.1, 0.15) is 5.56 Å². The molecule has 2 heterocycles. The van der Waals surface area contributed by atoms with Gasteiger partial charge in [0.25, 0.3) is 0 Å². The third-order valence-electron chi connectivity index (χ3n) is 2.74. The van der Waals surface area contributed by atoms with Crippen molar-refractivity contribution in [3.8, 4) is 28.9 Å². The molecule has 0 bridgehead atoms. The van der Waals surface area contributed by atoms with Gasteiger partial charge in [0, 0.05) is 11.8 Å². The van der Waals surface area contributed by atoms with Gasteiger partial charge in [0.2, 0.25) is 5.89 Å². The third-order valence-corrected chi connectivity index (χ3v) is 2.74. The van der Waals surface area contributed by atoms with E-state index in [1.165, 1.54) is 24.6 Å². The molecule has 0 saturated heterocycles. The highest BCUT2D eigenvalue weighted by atomic mass is 19.1. The fourth-order valence-electron chi connectivity index (χ4n) is 1.81. The van der Waals surface area contributed by atoms with Crippen LogP contribution < -0.4 is 0 Å². The lowest BCUT2D eigenvalue weighted by Gasteiger charge is -1.96. The Morgan fingerprint density at radius 3 is 2.90 bits per heavy atom. The summed E-state index contributed by atoms with van der Waals surface area (Å²) >= 11 is 0. The van der Waals surface area contributed by atoms with Crippen molar-refractivity contribution >= 4 is 0 Å². The van der Waals surface area contributed by atoms with E-state index in [1.807, 2.05) is 6.07 Å². The summed E-state index contributed by atoms with van der Waals surface area (Å²) in [7, 11) is 0. The number of nitriles is 1. The number of aromatic nitrogens is 2. The fraction of sp³-hybridized carbons (Fsp3) is 0. The minimum Gasteiger partial charge on any atom is -0.444 e. The van der Waals surface area contributed by atoms with Gasteiger partial charge in [-0.15, -0.1) is 0 Å². The average molecular weight is 265 g/mol. The van der Waals surface area contributed by atoms with E-state index < -0.39 is 5.82 Å². The molecule has 1 aromatic carbocycles. The van der Waals surface area contributed by atoms with Crippen LogP contribution in [0.3, 0.4) is 0 Å². The average Bonchev–Trinajstić information content (AvgIpc) is 2.97. The van der Waals surface area contributed by atoms with Crippen LogP contribution >= 0.6 is 0 Å². The van der Waals surface area contributed by atoms with E-state index in [4.69, 9.17) is 9.68 Å². The first-order chi connectivity index (χ1) is 9.78. The molecule has 0 N–H and O–H groups in total. The van der Waals surface area contributed by atoms with Gasteiger partial charge in [-0.3, -0.25) is 4.98 Å². The predicted molar refractivity (Wildman–Crippen MR) is 69.8 cm³/mol. The molecule has 0 spiro atoms. The van der Waals surface area contributed by atoms with E-state index in [0.717, 1.165) is 0 Å². The second-order valence-electron chi connectivity index (χ2n) is 4.06. The predicted octanol–water partition coefficient (Wildman–Crippen LogP) is 3.41. The molecule has 0 atom stereocenters. The minimum absolute atomic E-state index is 0.138. The Balaban J connectivity index is 2.02. The van der Waals surface area contributed by atoms with Crippen molar-refractivity contribution in [2.75, 3.05) is 0 Å². The Hall–Kier alpha value is -3.00. The second kappa shape index (κ2) is 4.94. The van der Waals surface area contributed by atoms with Crippen LogP contribution in [0.4, 0.5) is 4.39 Å². The van der Waals surface area contributed by atoms with Crippen molar-refractivity contribution in [1.29, 1.82) is 5.26 Å². The maximum atomic E-state index is 13.6. The van der Waals surface area contributed by atoms with E-state index in [0.29, 0.717) is 22.7 Å². The van der Waals surface area contributed by atoms with Gasteiger partial charge in [-0.05, 0) is 30.3 Å². The van der Waals surface area contributed by atoms with Gasteiger partial charge in [0.15, 0.2) is 5.82 Å². The lowest BCUT2D eigenvalue weighted by molar-refractivity contribution is 0.574. The molecule has 5 heteroatoms. The number of hydrogen-bond donors (Lipinski definition) is 0. The Bertz CT molecular complexity index is 805. The molecule has 0 radical (unpaired) electrons. The summed E-state index contributed by atoms with van der Waals surface area (Å²) in [6.45, 7) is 0. The maximum Gasteiger partial charge on any atom is 0.226 e. The number of benzene rings is 1. The molecule has 3 aromatic rings.